The molecule has 0 aromatic heterocycles. The molecule has 0 spiro atoms. The summed E-state index contributed by atoms with van der Waals surface area (Å²) in [5.41, 5.74) is 0. The third kappa shape index (κ3) is 3.93. The molecule has 2 heterocycles. The molecule has 0 saturated carbocycles. The van der Waals surface area contributed by atoms with E-state index in [1.54, 1.807) is 0 Å². The fourth-order valence-corrected chi connectivity index (χ4v) is 3.17. The number of hydrogen-bond acceptors (Lipinski definition) is 4. The summed E-state index contributed by atoms with van der Waals surface area (Å²) in [6.45, 7) is 10.9. The number of aliphatic hydroxyl groups is 1. The average Bonchev–Trinajstić information content (AvgIpc) is 2.48. The van der Waals surface area contributed by atoms with Crippen LogP contribution in [-0.4, -0.2) is 84.2 Å². The van der Waals surface area contributed by atoms with Gasteiger partial charge >= 0.3 is 0 Å². The quantitative estimate of drug-likeness (QED) is 0.803. The lowest BCUT2D eigenvalue weighted by Crippen LogP contribution is -2.55. The minimum atomic E-state index is -0.000294. The first kappa shape index (κ1) is 15.7. The van der Waals surface area contributed by atoms with Crippen LogP contribution < -0.4 is 0 Å². The second-order valence-electron chi connectivity index (χ2n) is 6.28. The number of carbonyl (C=O) groups excluding carboxylic acids is 1. The van der Waals surface area contributed by atoms with E-state index in [0.717, 1.165) is 64.6 Å². The van der Waals surface area contributed by atoms with Gasteiger partial charge in [-0.3, -0.25) is 14.6 Å². The Morgan fingerprint density at radius 1 is 1.15 bits per heavy atom. The zero-order valence-corrected chi connectivity index (χ0v) is 12.9. The smallest absolute Gasteiger partial charge is 0.239 e. The maximum Gasteiger partial charge on any atom is 0.239 e. The average molecular weight is 283 g/mol. The summed E-state index contributed by atoms with van der Waals surface area (Å²) >= 11 is 0. The van der Waals surface area contributed by atoms with Gasteiger partial charge in [-0.05, 0) is 25.7 Å². The van der Waals surface area contributed by atoms with E-state index in [-0.39, 0.29) is 12.6 Å². The van der Waals surface area contributed by atoms with Crippen molar-refractivity contribution in [3.63, 3.8) is 0 Å². The maximum atomic E-state index is 12.5. The molecule has 0 aliphatic carbocycles. The summed E-state index contributed by atoms with van der Waals surface area (Å²) in [6.07, 6.45) is 2.28. The Bertz CT molecular complexity index is 308. The van der Waals surface area contributed by atoms with Crippen molar-refractivity contribution in [2.75, 3.05) is 52.4 Å². The molecule has 2 rings (SSSR count). The summed E-state index contributed by atoms with van der Waals surface area (Å²) < 4.78 is 0. The Balaban J connectivity index is 1.79. The molecule has 2 saturated heterocycles. The van der Waals surface area contributed by atoms with Gasteiger partial charge in [-0.15, -0.1) is 0 Å². The van der Waals surface area contributed by atoms with E-state index in [4.69, 9.17) is 5.11 Å². The summed E-state index contributed by atoms with van der Waals surface area (Å²) in [5, 5.41) is 8.96. The fraction of sp³-hybridized carbons (Fsp3) is 0.933. The zero-order valence-electron chi connectivity index (χ0n) is 12.9. The van der Waals surface area contributed by atoms with Gasteiger partial charge in [0.25, 0.3) is 0 Å². The highest BCUT2D eigenvalue weighted by molar-refractivity contribution is 5.81. The van der Waals surface area contributed by atoms with Crippen LogP contribution in [0.15, 0.2) is 0 Å². The van der Waals surface area contributed by atoms with E-state index in [9.17, 15) is 4.79 Å². The van der Waals surface area contributed by atoms with Crippen LogP contribution in [0.5, 0.6) is 0 Å². The third-order valence-corrected chi connectivity index (χ3v) is 4.82. The molecule has 2 fully saturated rings. The Morgan fingerprint density at radius 2 is 1.75 bits per heavy atom. The number of carbonyl (C=O) groups is 1. The number of β-amino-alcohol motifs (C(OH)–C–C–N with tert-alkyl or cyclic N) is 1. The largest absolute Gasteiger partial charge is 0.395 e. The predicted octanol–water partition coefficient (Wildman–Crippen LogP) is 0.243. The lowest BCUT2D eigenvalue weighted by Gasteiger charge is -2.40. The third-order valence-electron chi connectivity index (χ3n) is 4.82. The first-order valence-electron chi connectivity index (χ1n) is 7.98. The van der Waals surface area contributed by atoms with E-state index < -0.39 is 0 Å². The standard InChI is InChI=1S/C15H29N3O2/c1-13-3-5-18(6-4-13)15(20)14(2)17-9-7-16(8-10-17)11-12-19/h13-14,19H,3-12H2,1-2H3. The lowest BCUT2D eigenvalue weighted by atomic mass is 9.98. The van der Waals surface area contributed by atoms with Gasteiger partial charge in [0.05, 0.1) is 12.6 Å². The van der Waals surface area contributed by atoms with Crippen molar-refractivity contribution in [1.82, 2.24) is 14.7 Å². The summed E-state index contributed by atoms with van der Waals surface area (Å²) in [7, 11) is 0. The molecule has 1 N–H and O–H groups in total. The monoisotopic (exact) mass is 283 g/mol. The van der Waals surface area contributed by atoms with Gasteiger partial charge in [-0.1, -0.05) is 6.92 Å². The molecule has 20 heavy (non-hydrogen) atoms. The van der Waals surface area contributed by atoms with E-state index in [0.29, 0.717) is 5.91 Å². The number of likely N-dealkylation sites (tertiary alicyclic amines) is 1. The zero-order chi connectivity index (χ0) is 14.5. The van der Waals surface area contributed by atoms with E-state index >= 15 is 0 Å². The fourth-order valence-electron chi connectivity index (χ4n) is 3.17. The number of amides is 1. The number of piperazine rings is 1. The first-order chi connectivity index (χ1) is 9.61. The number of rotatable bonds is 4. The number of nitrogens with zero attached hydrogens (tertiary/aromatic N) is 3. The molecular weight excluding hydrogens is 254 g/mol. The van der Waals surface area contributed by atoms with Crippen molar-refractivity contribution in [2.24, 2.45) is 5.92 Å². The molecule has 116 valence electrons. The highest BCUT2D eigenvalue weighted by Crippen LogP contribution is 2.18. The Morgan fingerprint density at radius 3 is 2.30 bits per heavy atom. The van der Waals surface area contributed by atoms with Crippen LogP contribution in [-0.2, 0) is 4.79 Å². The van der Waals surface area contributed by atoms with Gasteiger partial charge in [-0.25, -0.2) is 0 Å². The molecule has 2 aliphatic heterocycles. The van der Waals surface area contributed by atoms with Crippen molar-refractivity contribution < 1.29 is 9.90 Å². The molecule has 5 nitrogen and oxygen atoms in total. The van der Waals surface area contributed by atoms with Crippen molar-refractivity contribution in [2.45, 2.75) is 32.7 Å². The van der Waals surface area contributed by atoms with Crippen LogP contribution >= 0.6 is 0 Å². The molecule has 0 radical (unpaired) electrons. The van der Waals surface area contributed by atoms with Gasteiger partial charge in [0, 0.05) is 45.8 Å². The van der Waals surface area contributed by atoms with Gasteiger partial charge in [-0.2, -0.15) is 0 Å². The minimum Gasteiger partial charge on any atom is -0.395 e. The van der Waals surface area contributed by atoms with E-state index in [1.807, 2.05) is 11.8 Å². The van der Waals surface area contributed by atoms with Gasteiger partial charge in [0.15, 0.2) is 0 Å². The maximum absolute atomic E-state index is 12.5. The molecule has 2 aliphatic rings. The van der Waals surface area contributed by atoms with Crippen molar-refractivity contribution in [3.05, 3.63) is 0 Å². The lowest BCUT2D eigenvalue weighted by molar-refractivity contribution is -0.138. The predicted molar refractivity (Wildman–Crippen MR) is 79.5 cm³/mol. The number of aliphatic hydroxyl groups excluding tert-OH is 1. The van der Waals surface area contributed by atoms with Gasteiger partial charge in [0.1, 0.15) is 0 Å². The minimum absolute atomic E-state index is 0.000294. The molecule has 5 heteroatoms. The van der Waals surface area contributed by atoms with Gasteiger partial charge < -0.3 is 10.0 Å². The summed E-state index contributed by atoms with van der Waals surface area (Å²) in [4.78, 5) is 19.1. The highest BCUT2D eigenvalue weighted by atomic mass is 16.3. The van der Waals surface area contributed by atoms with Crippen molar-refractivity contribution in [1.29, 1.82) is 0 Å². The Hall–Kier alpha value is -0.650. The molecule has 0 aromatic carbocycles. The van der Waals surface area contributed by atoms with Crippen molar-refractivity contribution in [3.8, 4) is 0 Å². The van der Waals surface area contributed by atoms with Crippen LogP contribution in [0.2, 0.25) is 0 Å². The molecule has 1 unspecified atom stereocenters. The summed E-state index contributed by atoms with van der Waals surface area (Å²) in [5.74, 6) is 1.06. The van der Waals surface area contributed by atoms with Gasteiger partial charge in [0.2, 0.25) is 5.91 Å². The van der Waals surface area contributed by atoms with E-state index in [2.05, 4.69) is 16.7 Å². The molecule has 0 bridgehead atoms. The number of hydrogen-bond donors (Lipinski definition) is 1. The SMILES string of the molecule is CC1CCN(C(=O)C(C)N2CCN(CCO)CC2)CC1. The highest BCUT2D eigenvalue weighted by Gasteiger charge is 2.29. The van der Waals surface area contributed by atoms with Crippen LogP contribution in [0.4, 0.5) is 0 Å². The molecule has 0 aromatic rings. The number of piperidine rings is 1. The first-order valence-corrected chi connectivity index (χ1v) is 7.98. The Labute approximate surface area is 122 Å². The summed E-state index contributed by atoms with van der Waals surface area (Å²) in [6, 6.07) is -0.000294. The van der Waals surface area contributed by atoms with Crippen LogP contribution in [0.1, 0.15) is 26.7 Å². The normalized spacial score (nSPS) is 24.9. The molecular formula is C15H29N3O2. The topological polar surface area (TPSA) is 47.0 Å². The Kier molecular flexibility index (Phi) is 5.81. The molecule has 1 atom stereocenters. The second-order valence-corrected chi connectivity index (χ2v) is 6.28. The van der Waals surface area contributed by atoms with Crippen LogP contribution in [0, 0.1) is 5.92 Å². The van der Waals surface area contributed by atoms with E-state index in [1.165, 1.54) is 0 Å². The molecule has 1 amide bonds. The van der Waals surface area contributed by atoms with Crippen molar-refractivity contribution >= 4 is 5.91 Å². The second kappa shape index (κ2) is 7.38. The van der Waals surface area contributed by atoms with Crippen LogP contribution in [0.3, 0.4) is 0 Å². The van der Waals surface area contributed by atoms with Crippen LogP contribution in [0.25, 0.3) is 0 Å².